The van der Waals surface area contributed by atoms with Crippen LogP contribution in [0.5, 0.6) is 0 Å². The second kappa shape index (κ2) is 6.19. The molecule has 1 aliphatic rings. The number of aromatic nitrogens is 2. The molecule has 5 heteroatoms. The zero-order valence-corrected chi connectivity index (χ0v) is 12.1. The minimum absolute atomic E-state index is 0.00308. The molecule has 106 valence electrons. The first-order valence-corrected chi connectivity index (χ1v) is 7.06. The van der Waals surface area contributed by atoms with Crippen molar-refractivity contribution in [3.8, 4) is 0 Å². The van der Waals surface area contributed by atoms with Crippen molar-refractivity contribution in [2.24, 2.45) is 5.92 Å². The Morgan fingerprint density at radius 1 is 1.42 bits per heavy atom. The van der Waals surface area contributed by atoms with Gasteiger partial charge in [-0.15, -0.1) is 0 Å². The van der Waals surface area contributed by atoms with Gasteiger partial charge in [-0.1, -0.05) is 0 Å². The lowest BCUT2D eigenvalue weighted by Gasteiger charge is -2.28. The van der Waals surface area contributed by atoms with E-state index in [1.807, 2.05) is 13.8 Å². The van der Waals surface area contributed by atoms with Crippen LogP contribution >= 0.6 is 0 Å². The maximum Gasteiger partial charge on any atom is 0.255 e. The second-order valence-corrected chi connectivity index (χ2v) is 5.60. The fraction of sp³-hybridized carbons (Fsp3) is 0.714. The molecule has 5 nitrogen and oxygen atoms in total. The molecule has 0 spiro atoms. The summed E-state index contributed by atoms with van der Waals surface area (Å²) in [6.07, 6.45) is 3.57. The molecule has 0 radical (unpaired) electrons. The Hall–Kier alpha value is -1.36. The summed E-state index contributed by atoms with van der Waals surface area (Å²) >= 11 is 0. The van der Waals surface area contributed by atoms with Gasteiger partial charge in [0, 0.05) is 12.2 Å². The Morgan fingerprint density at radius 2 is 2.11 bits per heavy atom. The van der Waals surface area contributed by atoms with Crippen LogP contribution in [0.3, 0.4) is 0 Å². The van der Waals surface area contributed by atoms with Crippen molar-refractivity contribution in [3.63, 3.8) is 0 Å². The van der Waals surface area contributed by atoms with E-state index in [0.29, 0.717) is 5.56 Å². The Morgan fingerprint density at radius 3 is 2.68 bits per heavy atom. The van der Waals surface area contributed by atoms with E-state index in [-0.39, 0.29) is 5.91 Å². The van der Waals surface area contributed by atoms with Crippen LogP contribution < -0.4 is 5.32 Å². The van der Waals surface area contributed by atoms with Crippen LogP contribution in [0.25, 0.3) is 0 Å². The lowest BCUT2D eigenvalue weighted by atomic mass is 9.94. The van der Waals surface area contributed by atoms with Gasteiger partial charge < -0.3 is 10.2 Å². The van der Waals surface area contributed by atoms with Crippen molar-refractivity contribution in [3.05, 3.63) is 17.0 Å². The summed E-state index contributed by atoms with van der Waals surface area (Å²) in [5.41, 5.74) is 2.31. The number of aryl methyl sites for hydroxylation is 2. The molecule has 2 N–H and O–H groups in total. The van der Waals surface area contributed by atoms with Gasteiger partial charge in [0.05, 0.1) is 11.3 Å². The number of rotatable bonds is 4. The predicted octanol–water partition coefficient (Wildman–Crippen LogP) is 1.49. The molecule has 1 aliphatic heterocycles. The minimum atomic E-state index is -0.00308. The average molecular weight is 264 g/mol. The molecule has 1 aromatic rings. The van der Waals surface area contributed by atoms with Crippen LogP contribution in [0.15, 0.2) is 0 Å². The number of nitrogens with zero attached hydrogens (tertiary/aromatic N) is 2. The van der Waals surface area contributed by atoms with E-state index in [4.69, 9.17) is 0 Å². The minimum Gasteiger partial charge on any atom is -0.352 e. The van der Waals surface area contributed by atoms with E-state index >= 15 is 0 Å². The molecule has 0 aromatic carbocycles. The lowest BCUT2D eigenvalue weighted by Crippen LogP contribution is -2.32. The number of nitrogens with one attached hydrogen (secondary N) is 2. The number of carbonyl (C=O) groups excluding carboxylic acids is 1. The van der Waals surface area contributed by atoms with Crippen LogP contribution in [0.2, 0.25) is 0 Å². The third-order valence-corrected chi connectivity index (χ3v) is 4.03. The summed E-state index contributed by atoms with van der Waals surface area (Å²) in [6.45, 7) is 6.86. The van der Waals surface area contributed by atoms with Crippen LogP contribution in [-0.4, -0.2) is 47.7 Å². The van der Waals surface area contributed by atoms with Crippen LogP contribution in [0.4, 0.5) is 0 Å². The smallest absolute Gasteiger partial charge is 0.255 e. The normalized spacial score (nSPS) is 17.6. The number of carbonyl (C=O) groups is 1. The highest BCUT2D eigenvalue weighted by molar-refractivity contribution is 5.96. The highest BCUT2D eigenvalue weighted by Gasteiger charge is 2.18. The number of hydrogen-bond acceptors (Lipinski definition) is 3. The maximum atomic E-state index is 12.1. The summed E-state index contributed by atoms with van der Waals surface area (Å²) in [4.78, 5) is 14.4. The summed E-state index contributed by atoms with van der Waals surface area (Å²) in [6, 6.07) is 0. The van der Waals surface area contributed by atoms with Crippen LogP contribution in [0.1, 0.15) is 41.0 Å². The van der Waals surface area contributed by atoms with E-state index in [9.17, 15) is 4.79 Å². The van der Waals surface area contributed by atoms with Gasteiger partial charge in [0.25, 0.3) is 5.91 Å². The molecule has 1 aromatic heterocycles. The molecule has 1 amide bonds. The quantitative estimate of drug-likeness (QED) is 0.866. The molecule has 1 saturated heterocycles. The number of H-pyrrole nitrogens is 1. The first-order valence-electron chi connectivity index (χ1n) is 7.06. The van der Waals surface area contributed by atoms with Crippen molar-refractivity contribution in [2.45, 2.75) is 33.1 Å². The fourth-order valence-corrected chi connectivity index (χ4v) is 2.71. The average Bonchev–Trinajstić information content (AvgIpc) is 2.71. The highest BCUT2D eigenvalue weighted by Crippen LogP contribution is 2.18. The Balaban J connectivity index is 1.75. The SMILES string of the molecule is Cc1n[nH]c(C)c1C(=O)NCCC1CCN(C)CC1. The molecular weight excluding hydrogens is 240 g/mol. The van der Waals surface area contributed by atoms with Crippen LogP contribution in [-0.2, 0) is 0 Å². The maximum absolute atomic E-state index is 12.1. The molecule has 0 aliphatic carbocycles. The van der Waals surface area contributed by atoms with E-state index in [0.717, 1.165) is 30.3 Å². The first kappa shape index (κ1) is 14.1. The number of piperidine rings is 1. The van der Waals surface area contributed by atoms with E-state index in [1.165, 1.54) is 25.9 Å². The first-order chi connectivity index (χ1) is 9.08. The zero-order chi connectivity index (χ0) is 13.8. The zero-order valence-electron chi connectivity index (χ0n) is 12.1. The second-order valence-electron chi connectivity index (χ2n) is 5.60. The lowest BCUT2D eigenvalue weighted by molar-refractivity contribution is 0.0948. The molecule has 1 fully saturated rings. The third kappa shape index (κ3) is 3.56. The number of likely N-dealkylation sites (tertiary alicyclic amines) is 1. The summed E-state index contributed by atoms with van der Waals surface area (Å²) < 4.78 is 0. The van der Waals surface area contributed by atoms with E-state index < -0.39 is 0 Å². The van der Waals surface area contributed by atoms with Gasteiger partial charge in [0.15, 0.2) is 0 Å². The fourth-order valence-electron chi connectivity index (χ4n) is 2.71. The van der Waals surface area contributed by atoms with Gasteiger partial charge in [-0.25, -0.2) is 0 Å². The van der Waals surface area contributed by atoms with Crippen molar-refractivity contribution in [2.75, 3.05) is 26.7 Å². The van der Waals surface area contributed by atoms with Gasteiger partial charge in [0.2, 0.25) is 0 Å². The van der Waals surface area contributed by atoms with Gasteiger partial charge in [-0.05, 0) is 59.2 Å². The topological polar surface area (TPSA) is 61.0 Å². The van der Waals surface area contributed by atoms with Crippen LogP contribution in [0, 0.1) is 19.8 Å². The molecule has 0 bridgehead atoms. The Kier molecular flexibility index (Phi) is 4.58. The Labute approximate surface area is 114 Å². The van der Waals surface area contributed by atoms with Gasteiger partial charge in [-0.3, -0.25) is 9.89 Å². The summed E-state index contributed by atoms with van der Waals surface area (Å²) in [7, 11) is 2.17. The molecule has 0 atom stereocenters. The molecule has 19 heavy (non-hydrogen) atoms. The Bertz CT molecular complexity index is 413. The largest absolute Gasteiger partial charge is 0.352 e. The van der Waals surface area contributed by atoms with Gasteiger partial charge in [0.1, 0.15) is 0 Å². The van der Waals surface area contributed by atoms with Crippen molar-refractivity contribution in [1.29, 1.82) is 0 Å². The molecular formula is C14H24N4O. The molecule has 2 rings (SSSR count). The predicted molar refractivity (Wildman–Crippen MR) is 75.2 cm³/mol. The molecule has 0 saturated carbocycles. The van der Waals surface area contributed by atoms with E-state index in [2.05, 4.69) is 27.5 Å². The summed E-state index contributed by atoms with van der Waals surface area (Å²) in [5.74, 6) is 0.750. The number of hydrogen-bond donors (Lipinski definition) is 2. The third-order valence-electron chi connectivity index (χ3n) is 4.03. The standard InChI is InChI=1S/C14H24N4O/c1-10-13(11(2)17-16-10)14(19)15-7-4-12-5-8-18(3)9-6-12/h12H,4-9H2,1-3H3,(H,15,19)(H,16,17). The molecule has 2 heterocycles. The number of amides is 1. The van der Waals surface area contributed by atoms with Gasteiger partial charge in [-0.2, -0.15) is 5.10 Å². The monoisotopic (exact) mass is 264 g/mol. The van der Waals surface area contributed by atoms with Crippen molar-refractivity contribution < 1.29 is 4.79 Å². The number of aromatic amines is 1. The van der Waals surface area contributed by atoms with E-state index in [1.54, 1.807) is 0 Å². The van der Waals surface area contributed by atoms with Crippen molar-refractivity contribution >= 4 is 5.91 Å². The summed E-state index contributed by atoms with van der Waals surface area (Å²) in [5, 5.41) is 9.91. The van der Waals surface area contributed by atoms with Crippen molar-refractivity contribution in [1.82, 2.24) is 20.4 Å². The highest BCUT2D eigenvalue weighted by atomic mass is 16.1. The molecule has 0 unspecified atom stereocenters. The van der Waals surface area contributed by atoms with Gasteiger partial charge >= 0.3 is 0 Å².